The average Bonchev–Trinajstić information content (AvgIpc) is 2.65. The summed E-state index contributed by atoms with van der Waals surface area (Å²) in [4.78, 5) is 0. The topological polar surface area (TPSA) is 44.5 Å². The molecule has 2 N–H and O–H groups in total. The van der Waals surface area contributed by atoms with Crippen LogP contribution in [-0.2, 0) is 23.2 Å². The number of fused-ring (bicyclic) bond motifs is 1. The van der Waals surface area contributed by atoms with Crippen LogP contribution in [0.5, 0.6) is 5.75 Å². The average molecular weight is 337 g/mol. The van der Waals surface area contributed by atoms with Gasteiger partial charge in [0.25, 0.3) is 0 Å². The predicted octanol–water partition coefficient (Wildman–Crippen LogP) is 4.00. The highest BCUT2D eigenvalue weighted by Crippen LogP contribution is 2.44. The highest BCUT2D eigenvalue weighted by molar-refractivity contribution is 5.49. The Labute approximate surface area is 150 Å². The summed E-state index contributed by atoms with van der Waals surface area (Å²) >= 11 is 0. The Kier molecular flexibility index (Phi) is 5.57. The Bertz CT molecular complexity index is 726. The fraction of sp³-hybridized carbons (Fsp3) is 0.364. The van der Waals surface area contributed by atoms with Crippen LogP contribution in [0.4, 0.5) is 0 Å². The van der Waals surface area contributed by atoms with Gasteiger partial charge in [-0.1, -0.05) is 48.6 Å². The van der Waals surface area contributed by atoms with E-state index in [0.29, 0.717) is 19.8 Å². The van der Waals surface area contributed by atoms with Gasteiger partial charge >= 0.3 is 0 Å². The second-order valence-corrected chi connectivity index (χ2v) is 6.73. The van der Waals surface area contributed by atoms with Crippen LogP contribution in [0.2, 0.25) is 0 Å². The van der Waals surface area contributed by atoms with E-state index in [4.69, 9.17) is 15.2 Å². The van der Waals surface area contributed by atoms with Gasteiger partial charge in [-0.15, -0.1) is 0 Å². The van der Waals surface area contributed by atoms with Crippen molar-refractivity contribution in [2.24, 2.45) is 5.73 Å². The largest absolute Gasteiger partial charge is 0.497 e. The fourth-order valence-electron chi connectivity index (χ4n) is 3.79. The van der Waals surface area contributed by atoms with Crippen LogP contribution in [0.15, 0.2) is 60.7 Å². The van der Waals surface area contributed by atoms with Crippen LogP contribution in [0.1, 0.15) is 29.5 Å². The SMILES string of the molecule is C=C1CCc2ccc(OC)cc2C1(CCN)COCc1ccccc1. The number of ether oxygens (including phenoxy) is 2. The molecule has 0 saturated carbocycles. The van der Waals surface area contributed by atoms with Crippen molar-refractivity contribution in [2.45, 2.75) is 31.3 Å². The van der Waals surface area contributed by atoms with Gasteiger partial charge in [-0.3, -0.25) is 0 Å². The van der Waals surface area contributed by atoms with Crippen molar-refractivity contribution in [3.05, 3.63) is 77.4 Å². The van der Waals surface area contributed by atoms with E-state index in [0.717, 1.165) is 25.0 Å². The van der Waals surface area contributed by atoms with Gasteiger partial charge < -0.3 is 15.2 Å². The minimum absolute atomic E-state index is 0.231. The number of aryl methyl sites for hydroxylation is 1. The summed E-state index contributed by atoms with van der Waals surface area (Å²) in [7, 11) is 1.70. The summed E-state index contributed by atoms with van der Waals surface area (Å²) in [6.45, 7) is 6.18. The fourth-order valence-corrected chi connectivity index (χ4v) is 3.79. The molecule has 0 spiro atoms. The minimum atomic E-state index is -0.231. The number of methoxy groups -OCH3 is 1. The molecule has 1 unspecified atom stereocenters. The summed E-state index contributed by atoms with van der Waals surface area (Å²) in [6.07, 6.45) is 2.83. The Morgan fingerprint density at radius 2 is 1.92 bits per heavy atom. The molecule has 0 saturated heterocycles. The van der Waals surface area contributed by atoms with Crippen LogP contribution >= 0.6 is 0 Å². The minimum Gasteiger partial charge on any atom is -0.497 e. The Morgan fingerprint density at radius 1 is 1.12 bits per heavy atom. The van der Waals surface area contributed by atoms with Crippen molar-refractivity contribution in [3.8, 4) is 5.75 Å². The lowest BCUT2D eigenvalue weighted by molar-refractivity contribution is 0.0770. The predicted molar refractivity (Wildman–Crippen MR) is 102 cm³/mol. The van der Waals surface area contributed by atoms with Crippen molar-refractivity contribution < 1.29 is 9.47 Å². The van der Waals surface area contributed by atoms with Crippen molar-refractivity contribution >= 4 is 0 Å². The van der Waals surface area contributed by atoms with E-state index in [1.807, 2.05) is 24.3 Å². The normalized spacial score (nSPS) is 19.5. The second-order valence-electron chi connectivity index (χ2n) is 6.73. The third kappa shape index (κ3) is 3.63. The molecule has 3 nitrogen and oxygen atoms in total. The van der Waals surface area contributed by atoms with E-state index in [-0.39, 0.29) is 5.41 Å². The molecule has 0 fully saturated rings. The molecule has 0 aromatic heterocycles. The lowest BCUT2D eigenvalue weighted by Gasteiger charge is -2.41. The van der Waals surface area contributed by atoms with Crippen molar-refractivity contribution in [3.63, 3.8) is 0 Å². The third-order valence-electron chi connectivity index (χ3n) is 5.24. The number of hydrogen-bond acceptors (Lipinski definition) is 3. The van der Waals surface area contributed by atoms with Crippen molar-refractivity contribution in [1.82, 2.24) is 0 Å². The molecular formula is C22H27NO2. The van der Waals surface area contributed by atoms with Crippen molar-refractivity contribution in [1.29, 1.82) is 0 Å². The Hall–Kier alpha value is -2.10. The lowest BCUT2D eigenvalue weighted by atomic mass is 9.65. The second kappa shape index (κ2) is 7.85. The Morgan fingerprint density at radius 3 is 2.64 bits per heavy atom. The summed E-state index contributed by atoms with van der Waals surface area (Å²) < 4.78 is 11.6. The van der Waals surface area contributed by atoms with Crippen LogP contribution in [0.25, 0.3) is 0 Å². The molecule has 2 aromatic rings. The van der Waals surface area contributed by atoms with Gasteiger partial charge in [0.05, 0.1) is 20.3 Å². The molecule has 1 aliphatic carbocycles. The van der Waals surface area contributed by atoms with E-state index in [2.05, 4.69) is 30.8 Å². The van der Waals surface area contributed by atoms with Gasteiger partial charge in [0.15, 0.2) is 0 Å². The van der Waals surface area contributed by atoms with Gasteiger partial charge in [0, 0.05) is 5.41 Å². The van der Waals surface area contributed by atoms with Crippen molar-refractivity contribution in [2.75, 3.05) is 20.3 Å². The maximum absolute atomic E-state index is 6.16. The lowest BCUT2D eigenvalue weighted by Crippen LogP contribution is -2.39. The number of benzene rings is 2. The molecule has 0 bridgehead atoms. The third-order valence-corrected chi connectivity index (χ3v) is 5.24. The smallest absolute Gasteiger partial charge is 0.119 e. The molecule has 1 atom stereocenters. The number of rotatable bonds is 7. The maximum atomic E-state index is 6.16. The zero-order chi connectivity index (χ0) is 17.7. The number of nitrogens with two attached hydrogens (primary N) is 1. The van der Waals surface area contributed by atoms with Gasteiger partial charge in [-0.2, -0.15) is 0 Å². The highest BCUT2D eigenvalue weighted by atomic mass is 16.5. The summed E-state index contributed by atoms with van der Waals surface area (Å²) in [5.41, 5.74) is 10.8. The highest BCUT2D eigenvalue weighted by Gasteiger charge is 2.39. The van der Waals surface area contributed by atoms with E-state index in [1.165, 1.54) is 22.3 Å². The van der Waals surface area contributed by atoms with E-state index in [9.17, 15) is 0 Å². The Balaban J connectivity index is 1.88. The van der Waals surface area contributed by atoms with Gasteiger partial charge in [-0.05, 0) is 54.6 Å². The summed E-state index contributed by atoms with van der Waals surface area (Å²) in [6, 6.07) is 16.6. The molecule has 0 amide bonds. The van der Waals surface area contributed by atoms with Crippen LogP contribution < -0.4 is 10.5 Å². The molecule has 3 rings (SSSR count). The van der Waals surface area contributed by atoms with Gasteiger partial charge in [0.1, 0.15) is 5.75 Å². The summed E-state index contributed by atoms with van der Waals surface area (Å²) in [5.74, 6) is 0.873. The zero-order valence-corrected chi connectivity index (χ0v) is 15.0. The van der Waals surface area contributed by atoms with E-state index in [1.54, 1.807) is 7.11 Å². The first kappa shape index (κ1) is 17.7. The molecule has 2 aromatic carbocycles. The standard InChI is InChI=1S/C22H27NO2/c1-17-8-9-19-10-11-20(24-2)14-21(19)22(17,12-13-23)16-25-15-18-6-4-3-5-7-18/h3-7,10-11,14H,1,8-9,12-13,15-16,23H2,2H3. The first-order valence-electron chi connectivity index (χ1n) is 8.87. The van der Waals surface area contributed by atoms with Crippen LogP contribution in [0, 0.1) is 0 Å². The first-order chi connectivity index (χ1) is 12.2. The van der Waals surface area contributed by atoms with E-state index >= 15 is 0 Å². The molecule has 0 radical (unpaired) electrons. The van der Waals surface area contributed by atoms with Crippen LogP contribution in [-0.4, -0.2) is 20.3 Å². The zero-order valence-electron chi connectivity index (χ0n) is 15.0. The molecule has 3 heteroatoms. The molecule has 0 aliphatic heterocycles. The molecule has 25 heavy (non-hydrogen) atoms. The monoisotopic (exact) mass is 337 g/mol. The van der Waals surface area contributed by atoms with E-state index < -0.39 is 0 Å². The molecule has 1 aliphatic rings. The quantitative estimate of drug-likeness (QED) is 0.777. The number of hydrogen-bond donors (Lipinski definition) is 1. The molecule has 0 heterocycles. The maximum Gasteiger partial charge on any atom is 0.119 e. The van der Waals surface area contributed by atoms with Gasteiger partial charge in [0.2, 0.25) is 0 Å². The first-order valence-corrected chi connectivity index (χ1v) is 8.87. The molecular weight excluding hydrogens is 310 g/mol. The summed E-state index contributed by atoms with van der Waals surface area (Å²) in [5, 5.41) is 0. The molecule has 132 valence electrons. The van der Waals surface area contributed by atoms with Crippen LogP contribution in [0.3, 0.4) is 0 Å². The van der Waals surface area contributed by atoms with Gasteiger partial charge in [-0.25, -0.2) is 0 Å².